The van der Waals surface area contributed by atoms with E-state index in [0.717, 1.165) is 12.0 Å². The zero-order valence-corrected chi connectivity index (χ0v) is 8.76. The maximum absolute atomic E-state index is 3.75. The Labute approximate surface area is 86.3 Å². The molecule has 0 aromatic rings. The van der Waals surface area contributed by atoms with Crippen LogP contribution < -0.4 is 5.32 Å². The van der Waals surface area contributed by atoms with Gasteiger partial charge in [0.15, 0.2) is 0 Å². The minimum atomic E-state index is 0.797. The Morgan fingerprint density at radius 3 is 2.86 bits per heavy atom. The number of hydrogen-bond donors (Lipinski definition) is 1. The van der Waals surface area contributed by atoms with Gasteiger partial charge in [0.1, 0.15) is 0 Å². The first kappa shape index (κ1) is 8.58. The van der Waals surface area contributed by atoms with Crippen LogP contribution in [0.4, 0.5) is 0 Å². The molecule has 14 heavy (non-hydrogen) atoms. The molecule has 0 aromatic heterocycles. The van der Waals surface area contributed by atoms with E-state index in [9.17, 15) is 0 Å². The van der Waals surface area contributed by atoms with Gasteiger partial charge < -0.3 is 5.32 Å². The molecule has 2 aliphatic carbocycles. The Morgan fingerprint density at radius 2 is 2.07 bits per heavy atom. The monoisotopic (exact) mass is 189 g/mol. The van der Waals surface area contributed by atoms with Crippen LogP contribution in [0.5, 0.6) is 0 Å². The van der Waals surface area contributed by atoms with Gasteiger partial charge in [0.05, 0.1) is 0 Å². The van der Waals surface area contributed by atoms with Gasteiger partial charge in [0.25, 0.3) is 0 Å². The smallest absolute Gasteiger partial charge is 0.0331 e. The molecule has 0 radical (unpaired) electrons. The van der Waals surface area contributed by atoms with E-state index >= 15 is 0 Å². The molecule has 1 aliphatic heterocycles. The molecule has 1 heteroatoms. The Morgan fingerprint density at radius 1 is 1.14 bits per heavy atom. The molecule has 0 bridgehead atoms. The van der Waals surface area contributed by atoms with Crippen LogP contribution in [-0.2, 0) is 0 Å². The quantitative estimate of drug-likeness (QED) is 0.668. The van der Waals surface area contributed by atoms with Crippen molar-refractivity contribution < 1.29 is 0 Å². The predicted molar refractivity (Wildman–Crippen MR) is 58.9 cm³/mol. The van der Waals surface area contributed by atoms with Crippen LogP contribution in [0, 0.1) is 5.92 Å². The Balaban J connectivity index is 1.72. The SMILES string of the molecule is C1=CC2=C(CC1)CCC(C1CCC1)N2. The number of hydrogen-bond acceptors (Lipinski definition) is 1. The summed E-state index contributed by atoms with van der Waals surface area (Å²) in [6.45, 7) is 0. The second-order valence-electron chi connectivity index (χ2n) is 4.94. The average molecular weight is 189 g/mol. The predicted octanol–water partition coefficient (Wildman–Crippen LogP) is 3.14. The molecule has 1 saturated carbocycles. The topological polar surface area (TPSA) is 12.0 Å². The van der Waals surface area contributed by atoms with Crippen LogP contribution >= 0.6 is 0 Å². The van der Waals surface area contributed by atoms with Crippen molar-refractivity contribution in [2.45, 2.75) is 51.0 Å². The number of nitrogens with one attached hydrogen (secondary N) is 1. The van der Waals surface area contributed by atoms with Crippen molar-refractivity contribution in [2.75, 3.05) is 0 Å². The van der Waals surface area contributed by atoms with Gasteiger partial charge in [0, 0.05) is 11.7 Å². The highest BCUT2D eigenvalue weighted by Gasteiger charge is 2.30. The van der Waals surface area contributed by atoms with E-state index in [0.29, 0.717) is 0 Å². The Kier molecular flexibility index (Phi) is 2.11. The summed E-state index contributed by atoms with van der Waals surface area (Å²) in [5.41, 5.74) is 3.16. The fourth-order valence-corrected chi connectivity index (χ4v) is 2.92. The van der Waals surface area contributed by atoms with E-state index in [1.807, 2.05) is 0 Å². The summed E-state index contributed by atoms with van der Waals surface area (Å²) in [5, 5.41) is 3.75. The third-order valence-electron chi connectivity index (χ3n) is 4.10. The molecule has 0 saturated heterocycles. The van der Waals surface area contributed by atoms with Gasteiger partial charge in [-0.05, 0) is 56.1 Å². The molecule has 1 heterocycles. The first-order valence-corrected chi connectivity index (χ1v) is 6.08. The summed E-state index contributed by atoms with van der Waals surface area (Å²) in [6, 6.07) is 0.797. The first-order chi connectivity index (χ1) is 6.93. The molecule has 3 aliphatic rings. The fraction of sp³-hybridized carbons (Fsp3) is 0.692. The van der Waals surface area contributed by atoms with Gasteiger partial charge in [-0.2, -0.15) is 0 Å². The van der Waals surface area contributed by atoms with Crippen molar-refractivity contribution in [3.05, 3.63) is 23.4 Å². The van der Waals surface area contributed by atoms with Gasteiger partial charge >= 0.3 is 0 Å². The van der Waals surface area contributed by atoms with E-state index in [4.69, 9.17) is 0 Å². The molecule has 1 fully saturated rings. The van der Waals surface area contributed by atoms with Crippen molar-refractivity contribution in [2.24, 2.45) is 5.92 Å². The van der Waals surface area contributed by atoms with Crippen molar-refractivity contribution in [1.82, 2.24) is 5.32 Å². The van der Waals surface area contributed by atoms with Crippen LogP contribution in [0.1, 0.15) is 44.9 Å². The van der Waals surface area contributed by atoms with Crippen LogP contribution in [-0.4, -0.2) is 6.04 Å². The molecule has 1 atom stereocenters. The van der Waals surface area contributed by atoms with Crippen LogP contribution in [0.15, 0.2) is 23.4 Å². The van der Waals surface area contributed by atoms with Crippen molar-refractivity contribution in [3.63, 3.8) is 0 Å². The number of allylic oxidation sites excluding steroid dienone is 3. The van der Waals surface area contributed by atoms with Crippen LogP contribution in [0.2, 0.25) is 0 Å². The lowest BCUT2D eigenvalue weighted by Crippen LogP contribution is -2.41. The normalized spacial score (nSPS) is 32.1. The highest BCUT2D eigenvalue weighted by atomic mass is 14.9. The van der Waals surface area contributed by atoms with Crippen molar-refractivity contribution in [1.29, 1.82) is 0 Å². The van der Waals surface area contributed by atoms with Crippen molar-refractivity contribution in [3.8, 4) is 0 Å². The lowest BCUT2D eigenvalue weighted by molar-refractivity contribution is 0.223. The van der Waals surface area contributed by atoms with Gasteiger partial charge in [-0.3, -0.25) is 0 Å². The molecular weight excluding hydrogens is 170 g/mol. The minimum absolute atomic E-state index is 0.797. The zero-order chi connectivity index (χ0) is 9.38. The standard InChI is InChI=1S/C13H19N/c1-2-7-12-11(4-1)8-9-13(14-12)10-5-3-6-10/h2,7,10,13-14H,1,3-6,8-9H2. The van der Waals surface area contributed by atoms with Gasteiger partial charge in [-0.1, -0.05) is 12.5 Å². The second-order valence-corrected chi connectivity index (χ2v) is 4.94. The minimum Gasteiger partial charge on any atom is -0.382 e. The molecule has 0 spiro atoms. The highest BCUT2D eigenvalue weighted by Crippen LogP contribution is 2.36. The summed E-state index contributed by atoms with van der Waals surface area (Å²) >= 11 is 0. The lowest BCUT2D eigenvalue weighted by Gasteiger charge is -2.39. The largest absolute Gasteiger partial charge is 0.382 e. The molecule has 76 valence electrons. The van der Waals surface area contributed by atoms with Gasteiger partial charge in [0.2, 0.25) is 0 Å². The molecule has 0 amide bonds. The average Bonchev–Trinajstić information content (AvgIpc) is 2.15. The summed E-state index contributed by atoms with van der Waals surface area (Å²) in [5.74, 6) is 0.986. The van der Waals surface area contributed by atoms with E-state index in [2.05, 4.69) is 17.5 Å². The van der Waals surface area contributed by atoms with Crippen LogP contribution in [0.3, 0.4) is 0 Å². The van der Waals surface area contributed by atoms with E-state index in [1.54, 1.807) is 5.57 Å². The molecule has 1 N–H and O–H groups in total. The van der Waals surface area contributed by atoms with Gasteiger partial charge in [-0.25, -0.2) is 0 Å². The summed E-state index contributed by atoms with van der Waals surface area (Å²) in [4.78, 5) is 0. The summed E-state index contributed by atoms with van der Waals surface area (Å²) < 4.78 is 0. The summed E-state index contributed by atoms with van der Waals surface area (Å²) in [7, 11) is 0. The van der Waals surface area contributed by atoms with Crippen molar-refractivity contribution >= 4 is 0 Å². The fourth-order valence-electron chi connectivity index (χ4n) is 2.92. The first-order valence-electron chi connectivity index (χ1n) is 6.08. The number of rotatable bonds is 1. The molecule has 3 rings (SSSR count). The lowest BCUT2D eigenvalue weighted by atomic mass is 9.76. The van der Waals surface area contributed by atoms with E-state index in [-0.39, 0.29) is 0 Å². The Bertz CT molecular complexity index is 284. The van der Waals surface area contributed by atoms with Crippen LogP contribution in [0.25, 0.3) is 0 Å². The highest BCUT2D eigenvalue weighted by molar-refractivity contribution is 5.30. The Hall–Kier alpha value is -0.720. The third-order valence-corrected chi connectivity index (χ3v) is 4.10. The second kappa shape index (κ2) is 3.45. The zero-order valence-electron chi connectivity index (χ0n) is 8.76. The third kappa shape index (κ3) is 1.39. The maximum atomic E-state index is 3.75. The molecule has 1 nitrogen and oxygen atoms in total. The van der Waals surface area contributed by atoms with Gasteiger partial charge in [-0.15, -0.1) is 0 Å². The maximum Gasteiger partial charge on any atom is 0.0331 e. The molecule has 0 aromatic carbocycles. The summed E-state index contributed by atoms with van der Waals surface area (Å²) in [6.07, 6.45) is 14.3. The molecule has 1 unspecified atom stereocenters. The van der Waals surface area contributed by atoms with E-state index in [1.165, 1.54) is 50.6 Å². The van der Waals surface area contributed by atoms with E-state index < -0.39 is 0 Å². The molecular formula is C13H19N.